The summed E-state index contributed by atoms with van der Waals surface area (Å²) in [6.07, 6.45) is 0.497. The molecule has 15 heavy (non-hydrogen) atoms. The number of rotatable bonds is 1. The molecule has 1 aromatic rings. The number of carboxylic acids is 1. The van der Waals surface area contributed by atoms with Crippen LogP contribution in [0.25, 0.3) is 0 Å². The number of halogens is 1. The highest BCUT2D eigenvalue weighted by Crippen LogP contribution is 2.35. The predicted octanol–water partition coefficient (Wildman–Crippen LogP) is 1.31. The van der Waals surface area contributed by atoms with Crippen molar-refractivity contribution in [2.75, 3.05) is 6.61 Å². The molecule has 0 fully saturated rings. The average Bonchev–Trinajstić information content (AvgIpc) is 2.19. The predicted molar refractivity (Wildman–Crippen MR) is 50.4 cm³/mol. The van der Waals surface area contributed by atoms with E-state index in [9.17, 15) is 9.18 Å². The molecule has 1 heterocycles. The quantitative estimate of drug-likeness (QED) is 0.734. The van der Waals surface area contributed by atoms with Gasteiger partial charge in [-0.1, -0.05) is 0 Å². The monoisotopic (exact) mass is 211 g/mol. The maximum absolute atomic E-state index is 13.3. The van der Waals surface area contributed by atoms with Crippen molar-refractivity contribution in [1.82, 2.24) is 0 Å². The molecule has 0 aliphatic carbocycles. The Morgan fingerprint density at radius 3 is 3.00 bits per heavy atom. The molecule has 0 spiro atoms. The molecule has 0 unspecified atom stereocenters. The van der Waals surface area contributed by atoms with Crippen LogP contribution in [0.2, 0.25) is 0 Å². The molecule has 1 atom stereocenters. The van der Waals surface area contributed by atoms with Gasteiger partial charge in [-0.05, 0) is 12.1 Å². The van der Waals surface area contributed by atoms with E-state index in [1.807, 2.05) is 0 Å². The number of hydrogen-bond donors (Lipinski definition) is 2. The van der Waals surface area contributed by atoms with E-state index in [1.54, 1.807) is 0 Å². The Kier molecular flexibility index (Phi) is 2.32. The number of carboxylic acid groups (broad SMARTS) is 1. The maximum atomic E-state index is 13.3. The molecule has 1 aliphatic rings. The van der Waals surface area contributed by atoms with E-state index in [0.29, 0.717) is 13.0 Å². The minimum absolute atomic E-state index is 0.0126. The molecular weight excluding hydrogens is 201 g/mol. The van der Waals surface area contributed by atoms with Crippen LogP contribution < -0.4 is 10.5 Å². The molecule has 1 aliphatic heterocycles. The van der Waals surface area contributed by atoms with E-state index in [1.165, 1.54) is 6.07 Å². The molecule has 80 valence electrons. The second-order valence-corrected chi connectivity index (χ2v) is 3.39. The molecule has 3 N–H and O–H groups in total. The highest BCUT2D eigenvalue weighted by atomic mass is 19.1. The van der Waals surface area contributed by atoms with Gasteiger partial charge in [-0.15, -0.1) is 0 Å². The van der Waals surface area contributed by atoms with Crippen LogP contribution in [0.15, 0.2) is 12.1 Å². The van der Waals surface area contributed by atoms with Gasteiger partial charge in [-0.2, -0.15) is 0 Å². The van der Waals surface area contributed by atoms with E-state index >= 15 is 0 Å². The van der Waals surface area contributed by atoms with Crippen molar-refractivity contribution < 1.29 is 19.0 Å². The van der Waals surface area contributed by atoms with Gasteiger partial charge in [0.15, 0.2) is 11.6 Å². The largest absolute Gasteiger partial charge is 0.490 e. The van der Waals surface area contributed by atoms with Crippen molar-refractivity contribution >= 4 is 5.97 Å². The minimum Gasteiger partial charge on any atom is -0.490 e. The summed E-state index contributed by atoms with van der Waals surface area (Å²) in [5, 5.41) is 8.92. The van der Waals surface area contributed by atoms with Crippen molar-refractivity contribution in [2.24, 2.45) is 5.73 Å². The highest BCUT2D eigenvalue weighted by molar-refractivity contribution is 5.90. The molecule has 0 saturated carbocycles. The average molecular weight is 211 g/mol. The van der Waals surface area contributed by atoms with Crippen LogP contribution >= 0.6 is 0 Å². The minimum atomic E-state index is -1.12. The molecule has 5 heteroatoms. The highest BCUT2D eigenvalue weighted by Gasteiger charge is 2.27. The summed E-state index contributed by atoms with van der Waals surface area (Å²) in [5.41, 5.74) is 6.01. The molecule has 1 aromatic carbocycles. The Hall–Kier alpha value is -1.62. The first kappa shape index (κ1) is 9.92. The molecular formula is C10H10FNO3. The molecule has 0 saturated heterocycles. The smallest absolute Gasteiger partial charge is 0.336 e. The van der Waals surface area contributed by atoms with Crippen LogP contribution in [0.5, 0.6) is 5.75 Å². The SMILES string of the molecule is N[C@@H]1CCOc2c(F)ccc(C(=O)O)c21. The number of hydrogen-bond acceptors (Lipinski definition) is 3. The lowest BCUT2D eigenvalue weighted by molar-refractivity contribution is 0.0693. The van der Waals surface area contributed by atoms with Crippen molar-refractivity contribution in [2.45, 2.75) is 12.5 Å². The van der Waals surface area contributed by atoms with Gasteiger partial charge >= 0.3 is 5.97 Å². The summed E-state index contributed by atoms with van der Waals surface area (Å²) in [5.74, 6) is -1.70. The van der Waals surface area contributed by atoms with E-state index in [2.05, 4.69) is 0 Å². The van der Waals surface area contributed by atoms with Crippen molar-refractivity contribution in [1.29, 1.82) is 0 Å². The van der Waals surface area contributed by atoms with Crippen LogP contribution in [0, 0.1) is 5.82 Å². The third kappa shape index (κ3) is 1.55. The van der Waals surface area contributed by atoms with E-state index in [4.69, 9.17) is 15.6 Å². The Balaban J connectivity index is 2.65. The van der Waals surface area contributed by atoms with Gasteiger partial charge in [-0.25, -0.2) is 9.18 Å². The number of carbonyl (C=O) groups is 1. The number of ether oxygens (including phenoxy) is 1. The molecule has 2 rings (SSSR count). The van der Waals surface area contributed by atoms with Crippen LogP contribution in [0.3, 0.4) is 0 Å². The fourth-order valence-electron chi connectivity index (χ4n) is 1.71. The van der Waals surface area contributed by atoms with Gasteiger partial charge in [0.1, 0.15) is 0 Å². The second-order valence-electron chi connectivity index (χ2n) is 3.39. The summed E-state index contributed by atoms with van der Waals surface area (Å²) in [7, 11) is 0. The lowest BCUT2D eigenvalue weighted by Crippen LogP contribution is -2.24. The fraction of sp³-hybridized carbons (Fsp3) is 0.300. The van der Waals surface area contributed by atoms with Gasteiger partial charge in [-0.3, -0.25) is 0 Å². The summed E-state index contributed by atoms with van der Waals surface area (Å²) in [6.45, 7) is 0.314. The van der Waals surface area contributed by atoms with Gasteiger partial charge in [0.05, 0.1) is 12.2 Å². The number of nitrogens with two attached hydrogens (primary N) is 1. The van der Waals surface area contributed by atoms with Gasteiger partial charge in [0, 0.05) is 18.0 Å². The molecule has 4 nitrogen and oxygen atoms in total. The van der Waals surface area contributed by atoms with Gasteiger partial charge in [0.25, 0.3) is 0 Å². The zero-order chi connectivity index (χ0) is 11.0. The van der Waals surface area contributed by atoms with E-state index in [-0.39, 0.29) is 16.9 Å². The topological polar surface area (TPSA) is 72.5 Å². The van der Waals surface area contributed by atoms with Crippen LogP contribution in [0.1, 0.15) is 28.4 Å². The van der Waals surface area contributed by atoms with Crippen molar-refractivity contribution in [3.8, 4) is 5.75 Å². The lowest BCUT2D eigenvalue weighted by Gasteiger charge is -2.24. The maximum Gasteiger partial charge on any atom is 0.336 e. The summed E-state index contributed by atoms with van der Waals surface area (Å²) < 4.78 is 18.4. The Morgan fingerprint density at radius 2 is 2.33 bits per heavy atom. The molecule has 0 radical (unpaired) electrons. The van der Waals surface area contributed by atoms with Crippen molar-refractivity contribution in [3.05, 3.63) is 29.1 Å². The third-order valence-corrected chi connectivity index (χ3v) is 2.42. The lowest BCUT2D eigenvalue weighted by atomic mass is 9.95. The second kappa shape index (κ2) is 3.51. The normalized spacial score (nSPS) is 19.2. The first-order valence-electron chi connectivity index (χ1n) is 4.55. The van der Waals surface area contributed by atoms with E-state index < -0.39 is 17.8 Å². The number of aromatic carboxylic acids is 1. The number of benzene rings is 1. The fourth-order valence-corrected chi connectivity index (χ4v) is 1.71. The van der Waals surface area contributed by atoms with Crippen LogP contribution in [-0.4, -0.2) is 17.7 Å². The van der Waals surface area contributed by atoms with Crippen molar-refractivity contribution in [3.63, 3.8) is 0 Å². The zero-order valence-corrected chi connectivity index (χ0v) is 7.87. The molecule has 0 amide bonds. The van der Waals surface area contributed by atoms with E-state index in [0.717, 1.165) is 6.07 Å². The first-order valence-corrected chi connectivity index (χ1v) is 4.55. The Labute approximate surface area is 85.5 Å². The van der Waals surface area contributed by atoms with Gasteiger partial charge < -0.3 is 15.6 Å². The third-order valence-electron chi connectivity index (χ3n) is 2.42. The van der Waals surface area contributed by atoms with Crippen LogP contribution in [0.4, 0.5) is 4.39 Å². The molecule has 0 aromatic heterocycles. The van der Waals surface area contributed by atoms with Crippen LogP contribution in [-0.2, 0) is 0 Å². The number of fused-ring (bicyclic) bond motifs is 1. The summed E-state index contributed by atoms with van der Waals surface area (Å²) in [4.78, 5) is 10.9. The zero-order valence-electron chi connectivity index (χ0n) is 7.87. The first-order chi connectivity index (χ1) is 7.11. The summed E-state index contributed by atoms with van der Waals surface area (Å²) in [6, 6.07) is 1.82. The van der Waals surface area contributed by atoms with Gasteiger partial charge in [0.2, 0.25) is 0 Å². The summed E-state index contributed by atoms with van der Waals surface area (Å²) >= 11 is 0. The Morgan fingerprint density at radius 1 is 1.60 bits per heavy atom. The Bertz CT molecular complexity index is 419. The standard InChI is InChI=1S/C10H10FNO3/c11-6-2-1-5(10(13)14)8-7(12)3-4-15-9(6)8/h1-2,7H,3-4,12H2,(H,13,14)/t7-/m1/s1. The molecule has 0 bridgehead atoms.